The molecule has 0 radical (unpaired) electrons. The van der Waals surface area contributed by atoms with Crippen molar-refractivity contribution in [3.63, 3.8) is 0 Å². The molecule has 0 aliphatic rings. The normalized spacial score (nSPS) is 11.7. The maximum Gasteiger partial charge on any atom is 0.387 e. The number of para-hydroxylation sites is 1. The first-order valence-electron chi connectivity index (χ1n) is 12.2. The quantitative estimate of drug-likeness (QED) is 0.275. The van der Waals surface area contributed by atoms with Crippen molar-refractivity contribution in [2.75, 3.05) is 6.26 Å². The zero-order valence-electron chi connectivity index (χ0n) is 21.3. The average Bonchev–Trinajstić information content (AvgIpc) is 3.25. The fourth-order valence-electron chi connectivity index (χ4n) is 4.43. The van der Waals surface area contributed by atoms with E-state index < -0.39 is 22.4 Å². The number of carbonyl (C=O) groups is 1. The van der Waals surface area contributed by atoms with Crippen LogP contribution < -0.4 is 10.5 Å². The molecule has 3 aromatic carbocycles. The van der Waals surface area contributed by atoms with Crippen LogP contribution in [-0.4, -0.2) is 41.7 Å². The van der Waals surface area contributed by atoms with E-state index in [1.54, 1.807) is 60.8 Å². The van der Waals surface area contributed by atoms with Crippen LogP contribution >= 0.6 is 0 Å². The summed E-state index contributed by atoms with van der Waals surface area (Å²) in [5.74, 6) is 0.0810. The van der Waals surface area contributed by atoms with E-state index in [0.29, 0.717) is 23.3 Å². The topological polar surface area (TPSA) is 117 Å². The van der Waals surface area contributed by atoms with Crippen molar-refractivity contribution in [3.8, 4) is 16.9 Å². The second-order valence-electron chi connectivity index (χ2n) is 9.19. The number of pyridine rings is 1. The summed E-state index contributed by atoms with van der Waals surface area (Å²) in [4.78, 5) is 20.6. The van der Waals surface area contributed by atoms with Crippen molar-refractivity contribution in [1.82, 2.24) is 14.5 Å². The highest BCUT2D eigenvalue weighted by molar-refractivity contribution is 7.90. The van der Waals surface area contributed by atoms with Crippen molar-refractivity contribution in [2.24, 2.45) is 5.73 Å². The van der Waals surface area contributed by atoms with Gasteiger partial charge in [0.15, 0.2) is 9.84 Å². The number of ether oxygens (including phenoxy) is 1. The summed E-state index contributed by atoms with van der Waals surface area (Å²) in [6.07, 6.45) is 3.06. The Morgan fingerprint density at radius 1 is 1.00 bits per heavy atom. The number of primary amides is 1. The highest BCUT2D eigenvalue weighted by Gasteiger charge is 2.17. The summed E-state index contributed by atoms with van der Waals surface area (Å²) in [5, 5.41) is 0. The minimum Gasteiger partial charge on any atom is -0.434 e. The van der Waals surface area contributed by atoms with E-state index in [0.717, 1.165) is 28.5 Å². The molecule has 2 heterocycles. The molecule has 0 aliphatic carbocycles. The number of hydrogen-bond donors (Lipinski definition) is 1. The second kappa shape index (κ2) is 10.9. The lowest BCUT2D eigenvalue weighted by atomic mass is 10.1. The lowest BCUT2D eigenvalue weighted by Gasteiger charge is -2.14. The van der Waals surface area contributed by atoms with Gasteiger partial charge in [-0.15, -0.1) is 0 Å². The molecule has 0 unspecified atom stereocenters. The van der Waals surface area contributed by atoms with Gasteiger partial charge in [-0.2, -0.15) is 8.78 Å². The number of rotatable bonds is 9. The molecule has 11 heteroatoms. The van der Waals surface area contributed by atoms with Crippen LogP contribution in [0.4, 0.5) is 8.78 Å². The first kappa shape index (κ1) is 26.9. The third-order valence-electron chi connectivity index (χ3n) is 6.41. The number of fused-ring (bicyclic) bond motifs is 1. The number of benzene rings is 3. The molecule has 0 saturated heterocycles. The molecule has 5 rings (SSSR count). The zero-order valence-corrected chi connectivity index (χ0v) is 22.1. The van der Waals surface area contributed by atoms with Gasteiger partial charge in [0, 0.05) is 30.0 Å². The van der Waals surface area contributed by atoms with E-state index in [9.17, 15) is 22.0 Å². The van der Waals surface area contributed by atoms with Crippen LogP contribution in [0, 0.1) is 0 Å². The van der Waals surface area contributed by atoms with Gasteiger partial charge < -0.3 is 15.0 Å². The number of imidazole rings is 1. The molecule has 5 aromatic rings. The summed E-state index contributed by atoms with van der Waals surface area (Å²) in [7, 11) is -3.34. The minimum absolute atomic E-state index is 0.0604. The number of aromatic nitrogens is 3. The summed E-state index contributed by atoms with van der Waals surface area (Å²) in [6, 6.07) is 22.0. The van der Waals surface area contributed by atoms with Crippen LogP contribution in [0.15, 0.2) is 90.0 Å². The number of nitrogens with two attached hydrogens (primary N) is 1. The molecule has 0 atom stereocenters. The van der Waals surface area contributed by atoms with Crippen LogP contribution in [0.2, 0.25) is 0 Å². The number of hydrogen-bond acceptors (Lipinski definition) is 6. The number of carbonyl (C=O) groups excluding carboxylic acids is 1. The maximum atomic E-state index is 13.1. The smallest absolute Gasteiger partial charge is 0.387 e. The van der Waals surface area contributed by atoms with Gasteiger partial charge in [-0.3, -0.25) is 9.78 Å². The van der Waals surface area contributed by atoms with Crippen molar-refractivity contribution in [2.45, 2.75) is 24.5 Å². The molecule has 0 fully saturated rings. The Balaban J connectivity index is 1.60. The van der Waals surface area contributed by atoms with Crippen molar-refractivity contribution in [1.29, 1.82) is 0 Å². The van der Waals surface area contributed by atoms with Gasteiger partial charge in [-0.25, -0.2) is 13.4 Å². The number of alkyl halides is 2. The lowest BCUT2D eigenvalue weighted by Crippen LogP contribution is -2.12. The minimum atomic E-state index is -3.34. The highest BCUT2D eigenvalue weighted by Crippen LogP contribution is 2.29. The van der Waals surface area contributed by atoms with Crippen molar-refractivity contribution >= 4 is 26.8 Å². The number of nitrogens with zero attached hydrogens (tertiary/aromatic N) is 3. The van der Waals surface area contributed by atoms with E-state index in [2.05, 4.69) is 4.98 Å². The van der Waals surface area contributed by atoms with E-state index in [1.165, 1.54) is 6.07 Å². The molecule has 2 N–H and O–H groups in total. The number of amides is 1. The highest BCUT2D eigenvalue weighted by atomic mass is 32.2. The molecule has 2 aromatic heterocycles. The van der Waals surface area contributed by atoms with E-state index >= 15 is 0 Å². The Bertz CT molecular complexity index is 1800. The summed E-state index contributed by atoms with van der Waals surface area (Å²) >= 11 is 0. The van der Waals surface area contributed by atoms with Gasteiger partial charge in [-0.05, 0) is 47.5 Å². The van der Waals surface area contributed by atoms with Gasteiger partial charge in [0.25, 0.3) is 5.91 Å². The summed E-state index contributed by atoms with van der Waals surface area (Å²) in [5.41, 5.74) is 9.79. The van der Waals surface area contributed by atoms with E-state index in [-0.39, 0.29) is 22.9 Å². The maximum absolute atomic E-state index is 13.1. The standard InChI is InChI=1S/C29H24F2N4O4S/c1-40(37,38)22-10-6-18(7-11-22)14-27-34-23-12-8-19(20-9-13-24(28(32)36)33-16-20)15-25(23)35(27)17-21-4-2-3-5-26(21)39-29(30)31/h2-13,15-16,29H,14,17H2,1H3,(H2,32,36). The third kappa shape index (κ3) is 5.84. The van der Waals surface area contributed by atoms with Crippen molar-refractivity contribution < 1.29 is 26.7 Å². The Morgan fingerprint density at radius 3 is 2.38 bits per heavy atom. The Hall–Kier alpha value is -4.64. The average molecular weight is 563 g/mol. The molecule has 0 spiro atoms. The fraction of sp³-hybridized carbons (Fsp3) is 0.138. The number of sulfone groups is 1. The van der Waals surface area contributed by atoms with Crippen molar-refractivity contribution in [3.05, 3.63) is 108 Å². The summed E-state index contributed by atoms with van der Waals surface area (Å²) < 4.78 is 56.7. The van der Waals surface area contributed by atoms with Gasteiger partial charge in [0.2, 0.25) is 0 Å². The predicted molar refractivity (Wildman–Crippen MR) is 146 cm³/mol. The molecule has 8 nitrogen and oxygen atoms in total. The van der Waals surface area contributed by atoms with E-state index in [1.807, 2.05) is 22.8 Å². The largest absolute Gasteiger partial charge is 0.434 e. The number of halogens is 2. The van der Waals surface area contributed by atoms with Gasteiger partial charge in [0.05, 0.1) is 22.5 Å². The molecule has 0 saturated carbocycles. The first-order chi connectivity index (χ1) is 19.1. The monoisotopic (exact) mass is 562 g/mol. The Labute approximate surface area is 229 Å². The molecule has 204 valence electrons. The Morgan fingerprint density at radius 2 is 1.73 bits per heavy atom. The van der Waals surface area contributed by atoms with Crippen LogP contribution in [0.3, 0.4) is 0 Å². The van der Waals surface area contributed by atoms with Crippen LogP contribution in [0.5, 0.6) is 5.75 Å². The molecule has 40 heavy (non-hydrogen) atoms. The molecule has 0 bridgehead atoms. The van der Waals surface area contributed by atoms with E-state index in [4.69, 9.17) is 15.5 Å². The molecule has 1 amide bonds. The SMILES string of the molecule is CS(=O)(=O)c1ccc(Cc2nc3ccc(-c4ccc(C(N)=O)nc4)cc3n2Cc2ccccc2OC(F)F)cc1. The van der Waals surface area contributed by atoms with Gasteiger partial charge >= 0.3 is 6.61 Å². The first-order valence-corrected chi connectivity index (χ1v) is 14.0. The molecular weight excluding hydrogens is 538 g/mol. The third-order valence-corrected chi connectivity index (χ3v) is 7.54. The van der Waals surface area contributed by atoms with Crippen LogP contribution in [-0.2, 0) is 22.8 Å². The summed E-state index contributed by atoms with van der Waals surface area (Å²) in [6.45, 7) is -2.78. The lowest BCUT2D eigenvalue weighted by molar-refractivity contribution is -0.0504. The van der Waals surface area contributed by atoms with Crippen LogP contribution in [0.1, 0.15) is 27.4 Å². The molecule has 0 aliphatic heterocycles. The second-order valence-corrected chi connectivity index (χ2v) is 11.2. The van der Waals surface area contributed by atoms with Gasteiger partial charge in [-0.1, -0.05) is 42.5 Å². The zero-order chi connectivity index (χ0) is 28.4. The molecular formula is C29H24F2N4O4S. The Kier molecular flexibility index (Phi) is 7.31. The fourth-order valence-corrected chi connectivity index (χ4v) is 5.06. The van der Waals surface area contributed by atoms with Crippen LogP contribution in [0.25, 0.3) is 22.2 Å². The van der Waals surface area contributed by atoms with Gasteiger partial charge in [0.1, 0.15) is 17.3 Å². The predicted octanol–water partition coefficient (Wildman–Crippen LogP) is 4.84.